The zero-order valence-corrected chi connectivity index (χ0v) is 9.24. The van der Waals surface area contributed by atoms with Crippen molar-refractivity contribution < 1.29 is 18.0 Å². The van der Waals surface area contributed by atoms with Crippen molar-refractivity contribution in [1.82, 2.24) is 5.32 Å². The van der Waals surface area contributed by atoms with Crippen LogP contribution in [0.3, 0.4) is 0 Å². The number of benzene rings is 1. The molecule has 0 saturated heterocycles. The lowest BCUT2D eigenvalue weighted by atomic mass is 10.1. The summed E-state index contributed by atoms with van der Waals surface area (Å²) in [4.78, 5) is 11.2. The van der Waals surface area contributed by atoms with Gasteiger partial charge in [0.05, 0.1) is 11.1 Å². The summed E-state index contributed by atoms with van der Waals surface area (Å²) in [6.07, 6.45) is -4.54. The number of rotatable bonds is 1. The maximum atomic E-state index is 12.5. The topological polar surface area (TPSA) is 29.1 Å². The zero-order chi connectivity index (χ0) is 11.6. The molecule has 0 aliphatic rings. The predicted molar refractivity (Wildman–Crippen MR) is 52.5 cm³/mol. The van der Waals surface area contributed by atoms with Gasteiger partial charge < -0.3 is 5.32 Å². The second kappa shape index (κ2) is 4.22. The molecule has 0 spiro atoms. The Kier molecular flexibility index (Phi) is 3.38. The van der Waals surface area contributed by atoms with Crippen molar-refractivity contribution in [2.24, 2.45) is 0 Å². The van der Waals surface area contributed by atoms with Gasteiger partial charge in [-0.3, -0.25) is 4.79 Å². The molecule has 2 nitrogen and oxygen atoms in total. The molecule has 82 valence electrons. The minimum absolute atomic E-state index is 0.280. The summed E-state index contributed by atoms with van der Waals surface area (Å²) in [7, 11) is 1.28. The molecule has 0 radical (unpaired) electrons. The van der Waals surface area contributed by atoms with Crippen LogP contribution in [0, 0.1) is 0 Å². The van der Waals surface area contributed by atoms with Crippen molar-refractivity contribution >= 4 is 21.8 Å². The molecule has 1 aromatic carbocycles. The molecule has 0 fully saturated rings. The summed E-state index contributed by atoms with van der Waals surface area (Å²) >= 11 is 2.93. The van der Waals surface area contributed by atoms with E-state index in [9.17, 15) is 18.0 Å². The maximum absolute atomic E-state index is 12.5. The van der Waals surface area contributed by atoms with Gasteiger partial charge in [0.15, 0.2) is 0 Å². The number of carbonyl (C=O) groups excluding carboxylic acids is 1. The highest BCUT2D eigenvalue weighted by atomic mass is 79.9. The second-order valence-electron chi connectivity index (χ2n) is 2.77. The molecule has 0 aliphatic heterocycles. The molecule has 15 heavy (non-hydrogen) atoms. The fourth-order valence-corrected chi connectivity index (χ4v) is 1.44. The van der Waals surface area contributed by atoms with Gasteiger partial charge in [0.2, 0.25) is 0 Å². The number of nitrogens with one attached hydrogen (secondary N) is 1. The molecular weight excluding hydrogens is 275 g/mol. The van der Waals surface area contributed by atoms with Gasteiger partial charge in [-0.15, -0.1) is 0 Å². The summed E-state index contributed by atoms with van der Waals surface area (Å²) in [6.45, 7) is 0. The van der Waals surface area contributed by atoms with Gasteiger partial charge in [-0.2, -0.15) is 13.2 Å². The molecule has 1 aromatic rings. The number of halogens is 4. The Balaban J connectivity index is 3.33. The van der Waals surface area contributed by atoms with Crippen LogP contribution in [0.25, 0.3) is 0 Å². The van der Waals surface area contributed by atoms with E-state index < -0.39 is 17.6 Å². The molecular formula is C9H7BrF3NO. The van der Waals surface area contributed by atoms with E-state index >= 15 is 0 Å². The van der Waals surface area contributed by atoms with Gasteiger partial charge >= 0.3 is 6.18 Å². The van der Waals surface area contributed by atoms with E-state index in [0.717, 1.165) is 12.1 Å². The number of carbonyl (C=O) groups is 1. The zero-order valence-electron chi connectivity index (χ0n) is 7.65. The Bertz CT molecular complexity index is 389. The predicted octanol–water partition coefficient (Wildman–Crippen LogP) is 2.83. The van der Waals surface area contributed by atoms with Crippen LogP contribution < -0.4 is 5.32 Å². The van der Waals surface area contributed by atoms with Crippen molar-refractivity contribution in [1.29, 1.82) is 0 Å². The highest BCUT2D eigenvalue weighted by Gasteiger charge is 2.35. The van der Waals surface area contributed by atoms with Crippen molar-refractivity contribution in [3.8, 4) is 0 Å². The standard InChI is InChI=1S/C9H7BrF3NO/c1-14-8(15)6-3-2-5(10)4-7(6)9(11,12)13/h2-4H,1H3,(H,14,15). The summed E-state index contributed by atoms with van der Waals surface area (Å²) in [5, 5.41) is 2.16. The molecule has 0 atom stereocenters. The lowest BCUT2D eigenvalue weighted by Crippen LogP contribution is -2.22. The summed E-state index contributed by atoms with van der Waals surface area (Å²) in [6, 6.07) is 3.40. The largest absolute Gasteiger partial charge is 0.417 e. The third kappa shape index (κ3) is 2.71. The average Bonchev–Trinajstić information content (AvgIpc) is 2.15. The van der Waals surface area contributed by atoms with Crippen LogP contribution in [0.5, 0.6) is 0 Å². The molecule has 0 heterocycles. The van der Waals surface area contributed by atoms with E-state index in [4.69, 9.17) is 0 Å². The number of amides is 1. The summed E-state index contributed by atoms with van der Waals surface area (Å²) in [5.74, 6) is -0.755. The van der Waals surface area contributed by atoms with Crippen molar-refractivity contribution in [2.45, 2.75) is 6.18 Å². The number of hydrogen-bond donors (Lipinski definition) is 1. The molecule has 1 N–H and O–H groups in total. The Morgan fingerprint density at radius 3 is 2.47 bits per heavy atom. The van der Waals surface area contributed by atoms with Gasteiger partial charge in [0.25, 0.3) is 5.91 Å². The van der Waals surface area contributed by atoms with Gasteiger partial charge in [0.1, 0.15) is 0 Å². The molecule has 0 bridgehead atoms. The van der Waals surface area contributed by atoms with Crippen molar-refractivity contribution in [3.05, 3.63) is 33.8 Å². The number of alkyl halides is 3. The van der Waals surface area contributed by atoms with E-state index in [0.29, 0.717) is 0 Å². The minimum atomic E-state index is -4.54. The first-order chi connectivity index (χ1) is 6.86. The average molecular weight is 282 g/mol. The van der Waals surface area contributed by atoms with E-state index in [-0.39, 0.29) is 10.0 Å². The van der Waals surface area contributed by atoms with Crippen LogP contribution in [0.2, 0.25) is 0 Å². The second-order valence-corrected chi connectivity index (χ2v) is 3.68. The third-order valence-electron chi connectivity index (χ3n) is 1.76. The first-order valence-corrected chi connectivity index (χ1v) is 4.74. The molecule has 1 rings (SSSR count). The quantitative estimate of drug-likeness (QED) is 0.843. The smallest absolute Gasteiger partial charge is 0.355 e. The van der Waals surface area contributed by atoms with Crippen molar-refractivity contribution in [3.63, 3.8) is 0 Å². The van der Waals surface area contributed by atoms with Crippen LogP contribution in [-0.4, -0.2) is 13.0 Å². The van der Waals surface area contributed by atoms with Crippen molar-refractivity contribution in [2.75, 3.05) is 7.05 Å². The van der Waals surface area contributed by atoms with Gasteiger partial charge in [-0.05, 0) is 18.2 Å². The molecule has 1 amide bonds. The SMILES string of the molecule is CNC(=O)c1ccc(Br)cc1C(F)(F)F. The normalized spacial score (nSPS) is 11.3. The summed E-state index contributed by atoms with van der Waals surface area (Å²) in [5.41, 5.74) is -1.33. The van der Waals surface area contributed by atoms with E-state index in [1.807, 2.05) is 0 Å². The first kappa shape index (κ1) is 12.0. The van der Waals surface area contributed by atoms with E-state index in [1.165, 1.54) is 13.1 Å². The van der Waals surface area contributed by atoms with Crippen LogP contribution in [0.4, 0.5) is 13.2 Å². The maximum Gasteiger partial charge on any atom is 0.417 e. The highest BCUT2D eigenvalue weighted by Crippen LogP contribution is 2.33. The van der Waals surface area contributed by atoms with Gasteiger partial charge in [-0.1, -0.05) is 15.9 Å². The fourth-order valence-electron chi connectivity index (χ4n) is 1.08. The Morgan fingerprint density at radius 1 is 1.40 bits per heavy atom. The van der Waals surface area contributed by atoms with Crippen LogP contribution in [0.1, 0.15) is 15.9 Å². The van der Waals surface area contributed by atoms with Gasteiger partial charge in [0, 0.05) is 11.5 Å². The highest BCUT2D eigenvalue weighted by molar-refractivity contribution is 9.10. The van der Waals surface area contributed by atoms with Crippen LogP contribution in [0.15, 0.2) is 22.7 Å². The lowest BCUT2D eigenvalue weighted by Gasteiger charge is -2.11. The summed E-state index contributed by atoms with van der Waals surface area (Å²) < 4.78 is 37.9. The first-order valence-electron chi connectivity index (χ1n) is 3.95. The van der Waals surface area contributed by atoms with E-state index in [2.05, 4.69) is 21.2 Å². The number of hydrogen-bond acceptors (Lipinski definition) is 1. The Labute approximate surface area is 92.6 Å². The van der Waals surface area contributed by atoms with Gasteiger partial charge in [-0.25, -0.2) is 0 Å². The third-order valence-corrected chi connectivity index (χ3v) is 2.25. The molecule has 0 aliphatic carbocycles. The Morgan fingerprint density at radius 2 is 2.00 bits per heavy atom. The molecule has 0 saturated carbocycles. The van der Waals surface area contributed by atoms with E-state index in [1.54, 1.807) is 0 Å². The lowest BCUT2D eigenvalue weighted by molar-refractivity contribution is -0.138. The molecule has 6 heteroatoms. The van der Waals surface area contributed by atoms with Crippen LogP contribution in [-0.2, 0) is 6.18 Å². The monoisotopic (exact) mass is 281 g/mol. The van der Waals surface area contributed by atoms with Crippen LogP contribution >= 0.6 is 15.9 Å². The Hall–Kier alpha value is -1.04. The fraction of sp³-hybridized carbons (Fsp3) is 0.222. The minimum Gasteiger partial charge on any atom is -0.355 e. The molecule has 0 aromatic heterocycles. The molecule has 0 unspecified atom stereocenters.